The number of hydrogen-bond donors (Lipinski definition) is 0. The van der Waals surface area contributed by atoms with E-state index in [0.29, 0.717) is 5.56 Å². The van der Waals surface area contributed by atoms with E-state index < -0.39 is 12.1 Å². The van der Waals surface area contributed by atoms with Crippen molar-refractivity contribution in [2.24, 2.45) is 0 Å². The largest absolute Gasteiger partial charge is 0.442 e. The summed E-state index contributed by atoms with van der Waals surface area (Å²) in [6.07, 6.45) is 1.17. The topological polar surface area (TPSA) is 50.1 Å². The molecule has 0 saturated heterocycles. The summed E-state index contributed by atoms with van der Waals surface area (Å²) in [5.41, 5.74) is 0.700. The third kappa shape index (κ3) is 3.30. The van der Waals surface area contributed by atoms with E-state index >= 15 is 0 Å². The van der Waals surface area contributed by atoms with Crippen LogP contribution in [0.2, 0.25) is 0 Å². The third-order valence-corrected chi connectivity index (χ3v) is 2.56. The van der Waals surface area contributed by atoms with Crippen molar-refractivity contribution >= 4 is 17.7 Å². The quantitative estimate of drug-likeness (QED) is 0.581. The Hall–Kier alpha value is -1.47. The zero-order chi connectivity index (χ0) is 11.3. The molecule has 0 aliphatic carbocycles. The van der Waals surface area contributed by atoms with E-state index in [1.165, 1.54) is 6.92 Å². The molecule has 1 aromatic rings. The molecule has 1 rings (SSSR count). The van der Waals surface area contributed by atoms with Gasteiger partial charge in [0.15, 0.2) is 0 Å². The molecule has 0 aliphatic rings. The van der Waals surface area contributed by atoms with Crippen molar-refractivity contribution in [2.45, 2.75) is 17.9 Å². The van der Waals surface area contributed by atoms with Crippen LogP contribution >= 0.6 is 11.8 Å². The maximum atomic E-state index is 10.7. The van der Waals surface area contributed by atoms with Crippen molar-refractivity contribution < 1.29 is 9.53 Å². The first-order valence-electron chi connectivity index (χ1n) is 4.38. The van der Waals surface area contributed by atoms with Gasteiger partial charge in [-0.25, -0.2) is 0 Å². The van der Waals surface area contributed by atoms with Crippen LogP contribution in [0, 0.1) is 11.3 Å². The number of ether oxygens (including phenoxy) is 1. The fourth-order valence-corrected chi connectivity index (χ4v) is 1.52. The number of thioether (sulfide) groups is 1. The minimum absolute atomic E-state index is 0.449. The van der Waals surface area contributed by atoms with Crippen LogP contribution in [-0.4, -0.2) is 12.2 Å². The molecule has 0 saturated carbocycles. The molecule has 0 aromatic heterocycles. The summed E-state index contributed by atoms with van der Waals surface area (Å²) in [4.78, 5) is 11.8. The molecule has 0 spiro atoms. The molecule has 0 heterocycles. The summed E-state index contributed by atoms with van der Waals surface area (Å²) >= 11 is 1.62. The van der Waals surface area contributed by atoms with Crippen molar-refractivity contribution in [1.82, 2.24) is 0 Å². The number of rotatable bonds is 3. The number of esters is 1. The van der Waals surface area contributed by atoms with Gasteiger partial charge < -0.3 is 4.74 Å². The first-order chi connectivity index (χ1) is 7.17. The first-order valence-corrected chi connectivity index (χ1v) is 5.60. The maximum absolute atomic E-state index is 10.7. The summed E-state index contributed by atoms with van der Waals surface area (Å²) in [7, 11) is 0. The molecule has 0 radical (unpaired) electrons. The average Bonchev–Trinajstić information content (AvgIpc) is 2.26. The van der Waals surface area contributed by atoms with Gasteiger partial charge >= 0.3 is 5.97 Å². The van der Waals surface area contributed by atoms with E-state index in [1.54, 1.807) is 23.9 Å². The van der Waals surface area contributed by atoms with Gasteiger partial charge in [-0.05, 0) is 18.4 Å². The Labute approximate surface area is 93.0 Å². The minimum Gasteiger partial charge on any atom is -0.442 e. The zero-order valence-corrected chi connectivity index (χ0v) is 9.38. The Morgan fingerprint density at radius 2 is 2.07 bits per heavy atom. The highest BCUT2D eigenvalue weighted by atomic mass is 32.2. The minimum atomic E-state index is -0.807. The molecular formula is C11H11NO2S. The van der Waals surface area contributed by atoms with Gasteiger partial charge in [0.1, 0.15) is 6.07 Å². The third-order valence-electron chi connectivity index (χ3n) is 1.82. The molecule has 1 atom stereocenters. The van der Waals surface area contributed by atoms with Crippen LogP contribution in [0.3, 0.4) is 0 Å². The Kier molecular flexibility index (Phi) is 4.19. The number of carbonyl (C=O) groups is 1. The first kappa shape index (κ1) is 11.6. The Balaban J connectivity index is 2.84. The summed E-state index contributed by atoms with van der Waals surface area (Å²) in [6.45, 7) is 1.29. The van der Waals surface area contributed by atoms with Gasteiger partial charge in [0.25, 0.3) is 0 Å². The van der Waals surface area contributed by atoms with Gasteiger partial charge in [-0.2, -0.15) is 5.26 Å². The van der Waals surface area contributed by atoms with Crippen molar-refractivity contribution in [2.75, 3.05) is 6.26 Å². The molecule has 0 amide bonds. The second-order valence-corrected chi connectivity index (χ2v) is 3.77. The maximum Gasteiger partial charge on any atom is 0.304 e. The van der Waals surface area contributed by atoms with Crippen molar-refractivity contribution in [3.05, 3.63) is 29.8 Å². The molecule has 1 aromatic carbocycles. The molecule has 0 aliphatic heterocycles. The summed E-state index contributed by atoms with van der Waals surface area (Å²) < 4.78 is 4.85. The Bertz CT molecular complexity index is 381. The van der Waals surface area contributed by atoms with Crippen molar-refractivity contribution in [1.29, 1.82) is 5.26 Å². The SMILES string of the molecule is CSc1ccc([C@@H](C#N)OC(C)=O)cc1. The van der Waals surface area contributed by atoms with Crippen LogP contribution in [0.4, 0.5) is 0 Å². The predicted molar refractivity (Wildman–Crippen MR) is 58.3 cm³/mol. The van der Waals surface area contributed by atoms with Gasteiger partial charge in [0.05, 0.1) is 0 Å². The monoisotopic (exact) mass is 221 g/mol. The zero-order valence-electron chi connectivity index (χ0n) is 8.56. The number of benzene rings is 1. The van der Waals surface area contributed by atoms with Gasteiger partial charge in [-0.1, -0.05) is 12.1 Å². The predicted octanol–water partition coefficient (Wildman–Crippen LogP) is 2.54. The summed E-state index contributed by atoms with van der Waals surface area (Å²) in [5.74, 6) is -0.449. The van der Waals surface area contributed by atoms with E-state index in [-0.39, 0.29) is 0 Å². The molecule has 0 N–H and O–H groups in total. The number of nitrogens with zero attached hydrogens (tertiary/aromatic N) is 1. The molecule has 78 valence electrons. The van der Waals surface area contributed by atoms with Crippen LogP contribution in [0.25, 0.3) is 0 Å². The van der Waals surface area contributed by atoms with Crippen LogP contribution in [-0.2, 0) is 9.53 Å². The number of nitriles is 1. The number of hydrogen-bond acceptors (Lipinski definition) is 4. The van der Waals surface area contributed by atoms with Gasteiger partial charge in [0.2, 0.25) is 6.10 Å². The lowest BCUT2D eigenvalue weighted by Gasteiger charge is -2.09. The smallest absolute Gasteiger partial charge is 0.304 e. The highest BCUT2D eigenvalue weighted by molar-refractivity contribution is 7.98. The lowest BCUT2D eigenvalue weighted by atomic mass is 10.1. The molecule has 3 nitrogen and oxygen atoms in total. The summed E-state index contributed by atoms with van der Waals surface area (Å²) in [6, 6.07) is 9.32. The van der Waals surface area contributed by atoms with Crippen molar-refractivity contribution in [3.8, 4) is 6.07 Å². The van der Waals surface area contributed by atoms with E-state index in [4.69, 9.17) is 10.00 Å². The Morgan fingerprint density at radius 1 is 1.47 bits per heavy atom. The molecule has 4 heteroatoms. The standard InChI is InChI=1S/C11H11NO2S/c1-8(13)14-11(7-12)9-3-5-10(15-2)6-4-9/h3-6,11H,1-2H3/t11-/m1/s1. The fourth-order valence-electron chi connectivity index (χ4n) is 1.11. The Morgan fingerprint density at radius 3 is 2.47 bits per heavy atom. The second kappa shape index (κ2) is 5.42. The molecule has 0 unspecified atom stereocenters. The van der Waals surface area contributed by atoms with E-state index in [9.17, 15) is 4.79 Å². The highest BCUT2D eigenvalue weighted by Gasteiger charge is 2.12. The molecule has 15 heavy (non-hydrogen) atoms. The van der Waals surface area contributed by atoms with E-state index in [0.717, 1.165) is 4.90 Å². The van der Waals surface area contributed by atoms with Gasteiger partial charge in [-0.3, -0.25) is 4.79 Å². The van der Waals surface area contributed by atoms with Crippen LogP contribution in [0.1, 0.15) is 18.6 Å². The van der Waals surface area contributed by atoms with Gasteiger partial charge in [0, 0.05) is 17.4 Å². The normalized spacial score (nSPS) is 11.5. The molecule has 0 bridgehead atoms. The van der Waals surface area contributed by atoms with Crippen LogP contribution in [0.5, 0.6) is 0 Å². The lowest BCUT2D eigenvalue weighted by molar-refractivity contribution is -0.144. The highest BCUT2D eigenvalue weighted by Crippen LogP contribution is 2.21. The average molecular weight is 221 g/mol. The van der Waals surface area contributed by atoms with Crippen LogP contribution in [0.15, 0.2) is 29.2 Å². The van der Waals surface area contributed by atoms with Gasteiger partial charge in [-0.15, -0.1) is 11.8 Å². The number of carbonyl (C=O) groups excluding carboxylic acids is 1. The fraction of sp³-hybridized carbons (Fsp3) is 0.273. The molecule has 0 fully saturated rings. The van der Waals surface area contributed by atoms with Crippen LogP contribution < -0.4 is 0 Å². The second-order valence-electron chi connectivity index (χ2n) is 2.89. The lowest BCUT2D eigenvalue weighted by Crippen LogP contribution is -2.06. The van der Waals surface area contributed by atoms with E-state index in [2.05, 4.69) is 0 Å². The van der Waals surface area contributed by atoms with E-state index in [1.807, 2.05) is 24.5 Å². The summed E-state index contributed by atoms with van der Waals surface area (Å²) in [5, 5.41) is 8.82. The molecular weight excluding hydrogens is 210 g/mol. The van der Waals surface area contributed by atoms with Crippen molar-refractivity contribution in [3.63, 3.8) is 0 Å².